The summed E-state index contributed by atoms with van der Waals surface area (Å²) < 4.78 is 24.4. The minimum absolute atomic E-state index is 0.213. The second kappa shape index (κ2) is 7.70. The SMILES string of the molecule is COc1ccc(-c2nnc3c4cc5c(cc4n(Cc4ccccc4OC)cc2-3)OCO5)cc1. The molecular formula is C26H21N3O4. The number of ether oxygens (including phenoxy) is 4. The predicted octanol–water partition coefficient (Wildman–Crippen LogP) is 5.00. The van der Waals surface area contributed by atoms with Crippen LogP contribution in [0.25, 0.3) is 33.4 Å². The Kier molecular flexibility index (Phi) is 4.54. The summed E-state index contributed by atoms with van der Waals surface area (Å²) in [5, 5.41) is 10.1. The van der Waals surface area contributed by atoms with Gasteiger partial charge in [-0.1, -0.05) is 18.2 Å². The molecular weight excluding hydrogens is 418 g/mol. The van der Waals surface area contributed by atoms with Gasteiger partial charge in [0.05, 0.1) is 26.3 Å². The van der Waals surface area contributed by atoms with E-state index in [-0.39, 0.29) is 6.79 Å². The van der Waals surface area contributed by atoms with E-state index in [4.69, 9.17) is 18.9 Å². The Hall–Kier alpha value is -4.26. The van der Waals surface area contributed by atoms with E-state index in [9.17, 15) is 0 Å². The van der Waals surface area contributed by atoms with Crippen molar-refractivity contribution in [3.8, 4) is 45.5 Å². The third kappa shape index (κ3) is 3.20. The molecule has 164 valence electrons. The summed E-state index contributed by atoms with van der Waals surface area (Å²) in [5.41, 5.74) is 5.63. The van der Waals surface area contributed by atoms with Crippen molar-refractivity contribution in [3.63, 3.8) is 0 Å². The number of nitrogens with zero attached hydrogens (tertiary/aromatic N) is 3. The molecule has 3 aromatic carbocycles. The minimum Gasteiger partial charge on any atom is -0.497 e. The molecule has 3 aliphatic heterocycles. The van der Waals surface area contributed by atoms with Gasteiger partial charge >= 0.3 is 0 Å². The molecule has 7 heteroatoms. The van der Waals surface area contributed by atoms with Crippen LogP contribution in [0.15, 0.2) is 66.9 Å². The van der Waals surface area contributed by atoms with Crippen LogP contribution in [0.5, 0.6) is 23.0 Å². The van der Waals surface area contributed by atoms with Gasteiger partial charge in [-0.05, 0) is 36.4 Å². The van der Waals surface area contributed by atoms with Gasteiger partial charge in [0.15, 0.2) is 11.5 Å². The molecule has 6 rings (SSSR count). The molecule has 0 saturated carbocycles. The summed E-state index contributed by atoms with van der Waals surface area (Å²) in [6.07, 6.45) is 2.10. The third-order valence-electron chi connectivity index (χ3n) is 6.00. The average molecular weight is 439 g/mol. The molecule has 0 saturated heterocycles. The van der Waals surface area contributed by atoms with E-state index >= 15 is 0 Å². The Morgan fingerprint density at radius 1 is 0.879 bits per heavy atom. The van der Waals surface area contributed by atoms with E-state index in [1.165, 1.54) is 0 Å². The number of hydrogen-bond acceptors (Lipinski definition) is 6. The van der Waals surface area contributed by atoms with E-state index < -0.39 is 0 Å². The van der Waals surface area contributed by atoms with Gasteiger partial charge < -0.3 is 23.5 Å². The van der Waals surface area contributed by atoms with Crippen LogP contribution in [-0.2, 0) is 6.54 Å². The first kappa shape index (κ1) is 19.4. The van der Waals surface area contributed by atoms with Crippen LogP contribution in [-0.4, -0.2) is 35.8 Å². The maximum atomic E-state index is 5.66. The van der Waals surface area contributed by atoms with Gasteiger partial charge in [0.2, 0.25) is 6.79 Å². The fourth-order valence-electron chi connectivity index (χ4n) is 4.34. The molecule has 0 atom stereocenters. The highest BCUT2D eigenvalue weighted by Gasteiger charge is 2.24. The second-order valence-corrected chi connectivity index (χ2v) is 7.83. The lowest BCUT2D eigenvalue weighted by atomic mass is 10.0. The third-order valence-corrected chi connectivity index (χ3v) is 6.00. The van der Waals surface area contributed by atoms with Crippen LogP contribution in [0.3, 0.4) is 0 Å². The van der Waals surface area contributed by atoms with Crippen molar-refractivity contribution in [1.29, 1.82) is 0 Å². The maximum Gasteiger partial charge on any atom is 0.231 e. The molecule has 0 radical (unpaired) electrons. The lowest BCUT2D eigenvalue weighted by molar-refractivity contribution is 0.174. The molecule has 0 fully saturated rings. The summed E-state index contributed by atoms with van der Waals surface area (Å²) in [6.45, 7) is 0.828. The topological polar surface area (TPSA) is 67.6 Å². The van der Waals surface area contributed by atoms with Crippen molar-refractivity contribution < 1.29 is 18.9 Å². The lowest BCUT2D eigenvalue weighted by Gasteiger charge is -2.17. The molecule has 3 aliphatic rings. The number of hydrogen-bond donors (Lipinski definition) is 0. The molecule has 0 N–H and O–H groups in total. The van der Waals surface area contributed by atoms with Gasteiger partial charge in [-0.2, -0.15) is 0 Å². The monoisotopic (exact) mass is 439 g/mol. The van der Waals surface area contributed by atoms with E-state index in [1.54, 1.807) is 14.2 Å². The van der Waals surface area contributed by atoms with E-state index in [0.717, 1.165) is 56.2 Å². The Bertz CT molecular complexity index is 1440. The van der Waals surface area contributed by atoms with Crippen LogP contribution < -0.4 is 18.9 Å². The Morgan fingerprint density at radius 3 is 2.42 bits per heavy atom. The van der Waals surface area contributed by atoms with Crippen LogP contribution in [0.2, 0.25) is 0 Å². The second-order valence-electron chi connectivity index (χ2n) is 7.83. The summed E-state index contributed by atoms with van der Waals surface area (Å²) in [4.78, 5) is 0. The normalized spacial score (nSPS) is 12.4. The number of para-hydroxylation sites is 1. The Labute approximate surface area is 190 Å². The molecule has 0 aromatic heterocycles. The van der Waals surface area contributed by atoms with Gasteiger partial charge in [0, 0.05) is 34.3 Å². The summed E-state index contributed by atoms with van der Waals surface area (Å²) in [5.74, 6) is 3.08. The van der Waals surface area contributed by atoms with Gasteiger partial charge in [-0.15, -0.1) is 10.2 Å². The fraction of sp³-hybridized carbons (Fsp3) is 0.154. The van der Waals surface area contributed by atoms with Gasteiger partial charge in [0.25, 0.3) is 0 Å². The van der Waals surface area contributed by atoms with Crippen LogP contribution in [0, 0.1) is 0 Å². The lowest BCUT2D eigenvalue weighted by Crippen LogP contribution is -2.05. The Morgan fingerprint density at radius 2 is 1.64 bits per heavy atom. The zero-order chi connectivity index (χ0) is 22.4. The molecule has 3 heterocycles. The molecule has 0 bridgehead atoms. The standard InChI is InChI=1S/C26H21N3O4/c1-30-18-9-7-16(8-10-18)25-20-14-29(13-17-5-3-4-6-22(17)31-2)21-12-24-23(32-15-33-24)11-19(21)26(20)28-27-25/h3-12,14H,13,15H2,1-2H3. The van der Waals surface area contributed by atoms with Crippen LogP contribution >= 0.6 is 0 Å². The smallest absolute Gasteiger partial charge is 0.231 e. The maximum absolute atomic E-state index is 5.66. The van der Waals surface area contributed by atoms with Crippen LogP contribution in [0.4, 0.5) is 0 Å². The van der Waals surface area contributed by atoms with E-state index in [1.807, 2.05) is 54.6 Å². The number of methoxy groups -OCH3 is 2. The molecule has 0 unspecified atom stereocenters. The molecule has 3 aromatic rings. The zero-order valence-electron chi connectivity index (χ0n) is 18.2. The van der Waals surface area contributed by atoms with Crippen molar-refractivity contribution >= 4 is 10.9 Å². The molecule has 0 amide bonds. The van der Waals surface area contributed by atoms with E-state index in [2.05, 4.69) is 27.0 Å². The first-order valence-electron chi connectivity index (χ1n) is 10.6. The van der Waals surface area contributed by atoms with Gasteiger partial charge in [-0.3, -0.25) is 0 Å². The predicted molar refractivity (Wildman–Crippen MR) is 124 cm³/mol. The van der Waals surface area contributed by atoms with Crippen molar-refractivity contribution in [2.24, 2.45) is 0 Å². The minimum atomic E-state index is 0.213. The average Bonchev–Trinajstić information content (AvgIpc) is 3.50. The van der Waals surface area contributed by atoms with Crippen molar-refractivity contribution in [2.75, 3.05) is 21.0 Å². The zero-order valence-corrected chi connectivity index (χ0v) is 18.2. The van der Waals surface area contributed by atoms with Crippen LogP contribution in [0.1, 0.15) is 5.56 Å². The van der Waals surface area contributed by atoms with Crippen molar-refractivity contribution in [2.45, 2.75) is 6.54 Å². The molecule has 7 nitrogen and oxygen atoms in total. The fourth-order valence-corrected chi connectivity index (χ4v) is 4.34. The molecule has 33 heavy (non-hydrogen) atoms. The number of fused-ring (bicyclic) bond motifs is 4. The van der Waals surface area contributed by atoms with Gasteiger partial charge in [-0.25, -0.2) is 0 Å². The summed E-state index contributed by atoms with van der Waals surface area (Å²) in [7, 11) is 3.35. The summed E-state index contributed by atoms with van der Waals surface area (Å²) in [6, 6.07) is 19.9. The van der Waals surface area contributed by atoms with Gasteiger partial charge in [0.1, 0.15) is 22.9 Å². The first-order chi connectivity index (χ1) is 16.2. The summed E-state index contributed by atoms with van der Waals surface area (Å²) >= 11 is 0. The Balaban J connectivity index is 1.57. The van der Waals surface area contributed by atoms with E-state index in [0.29, 0.717) is 12.3 Å². The first-order valence-corrected chi connectivity index (χ1v) is 10.6. The molecule has 0 aliphatic carbocycles. The highest BCUT2D eigenvalue weighted by Crippen LogP contribution is 2.42. The number of benzene rings is 3. The number of pyridine rings is 1. The largest absolute Gasteiger partial charge is 0.497 e. The quantitative estimate of drug-likeness (QED) is 0.384. The highest BCUT2D eigenvalue weighted by molar-refractivity contribution is 5.99. The molecule has 0 spiro atoms. The number of aromatic nitrogens is 3. The van der Waals surface area contributed by atoms with Crippen molar-refractivity contribution in [3.05, 3.63) is 72.4 Å². The number of rotatable bonds is 5. The van der Waals surface area contributed by atoms with Crippen molar-refractivity contribution in [1.82, 2.24) is 14.8 Å². The highest BCUT2D eigenvalue weighted by atomic mass is 16.7.